The number of thiazole rings is 1. The number of nitro benzene ring substituents is 1. The van der Waals surface area contributed by atoms with E-state index in [1.807, 2.05) is 23.0 Å². The van der Waals surface area contributed by atoms with E-state index in [0.29, 0.717) is 33.1 Å². The fourth-order valence-corrected chi connectivity index (χ4v) is 5.69. The average Bonchev–Trinajstić information content (AvgIpc) is 3.46. The van der Waals surface area contributed by atoms with E-state index in [2.05, 4.69) is 4.99 Å². The number of fused-ring (bicyclic) bond motifs is 3. The number of thiophene rings is 1. The van der Waals surface area contributed by atoms with Crippen molar-refractivity contribution in [3.8, 4) is 11.5 Å². The molecule has 0 fully saturated rings. The van der Waals surface area contributed by atoms with Crippen LogP contribution in [0, 0.1) is 10.1 Å². The van der Waals surface area contributed by atoms with E-state index >= 15 is 0 Å². The molecular formula is C20H15N3O5S3. The Hall–Kier alpha value is -2.89. The maximum atomic E-state index is 13.0. The number of nitro groups is 1. The first-order chi connectivity index (χ1) is 15.0. The summed E-state index contributed by atoms with van der Waals surface area (Å²) >= 11 is 4.41. The van der Waals surface area contributed by atoms with Gasteiger partial charge in [-0.3, -0.25) is 14.9 Å². The average molecular weight is 474 g/mol. The van der Waals surface area contributed by atoms with Crippen LogP contribution >= 0.6 is 34.4 Å². The molecular weight excluding hydrogens is 458 g/mol. The number of aromatic nitrogens is 1. The minimum Gasteiger partial charge on any atom is -0.454 e. The number of carbonyl (C=O) groups excluding carboxylic acids is 1. The summed E-state index contributed by atoms with van der Waals surface area (Å²) in [5.74, 6) is 1.88. The molecule has 0 saturated carbocycles. The number of carbonyl (C=O) groups is 1. The molecule has 31 heavy (non-hydrogen) atoms. The molecule has 0 bridgehead atoms. The van der Waals surface area contributed by atoms with Gasteiger partial charge in [-0.1, -0.05) is 11.3 Å². The summed E-state index contributed by atoms with van der Waals surface area (Å²) in [5, 5.41) is 11.7. The van der Waals surface area contributed by atoms with Gasteiger partial charge in [-0.25, -0.2) is 0 Å². The number of ether oxygens (including phenoxy) is 2. The van der Waals surface area contributed by atoms with Gasteiger partial charge in [0.05, 0.1) is 20.0 Å². The van der Waals surface area contributed by atoms with Crippen molar-refractivity contribution < 1.29 is 19.2 Å². The van der Waals surface area contributed by atoms with E-state index in [0.717, 1.165) is 20.7 Å². The van der Waals surface area contributed by atoms with Crippen LogP contribution in [0.2, 0.25) is 0 Å². The highest BCUT2D eigenvalue weighted by molar-refractivity contribution is 7.98. The minimum atomic E-state index is -0.445. The Morgan fingerprint density at radius 3 is 2.77 bits per heavy atom. The Balaban J connectivity index is 1.59. The second kappa shape index (κ2) is 7.98. The molecule has 0 aliphatic carbocycles. The number of non-ortho nitro benzene ring substituents is 1. The van der Waals surface area contributed by atoms with Crippen LogP contribution < -0.4 is 14.3 Å². The van der Waals surface area contributed by atoms with Crippen LogP contribution in [-0.4, -0.2) is 34.2 Å². The highest BCUT2D eigenvalue weighted by atomic mass is 32.2. The number of rotatable bonds is 5. The molecule has 0 unspecified atom stereocenters. The van der Waals surface area contributed by atoms with Crippen molar-refractivity contribution in [3.05, 3.63) is 56.2 Å². The molecule has 0 atom stereocenters. The van der Waals surface area contributed by atoms with Crippen LogP contribution in [0.4, 0.5) is 5.69 Å². The smallest absolute Gasteiger partial charge is 0.289 e. The summed E-state index contributed by atoms with van der Waals surface area (Å²) in [7, 11) is 0. The molecule has 2 aromatic heterocycles. The monoisotopic (exact) mass is 473 g/mol. The number of thioether (sulfide) groups is 1. The van der Waals surface area contributed by atoms with Gasteiger partial charge >= 0.3 is 0 Å². The summed E-state index contributed by atoms with van der Waals surface area (Å²) in [6.07, 6.45) is 2.03. The quantitative estimate of drug-likeness (QED) is 0.309. The molecule has 1 amide bonds. The molecule has 0 N–H and O–H groups in total. The highest BCUT2D eigenvalue weighted by Gasteiger charge is 2.19. The SMILES string of the molecule is CSCCn1c(=NC(=O)c2cc3cc([N+](=O)[O-])ccc3s2)sc2cc3c(cc21)OCO3. The van der Waals surface area contributed by atoms with Gasteiger partial charge in [-0.15, -0.1) is 11.3 Å². The summed E-state index contributed by atoms with van der Waals surface area (Å²) in [6.45, 7) is 0.906. The molecule has 4 aromatic rings. The number of amides is 1. The van der Waals surface area contributed by atoms with E-state index in [1.165, 1.54) is 34.8 Å². The van der Waals surface area contributed by atoms with Crippen molar-refractivity contribution in [1.29, 1.82) is 0 Å². The first-order valence-corrected chi connectivity index (χ1v) is 12.2. The number of aryl methyl sites for hydroxylation is 1. The zero-order chi connectivity index (χ0) is 21.5. The first kappa shape index (κ1) is 20.0. The standard InChI is InChI=1S/C20H15N3O5S3/c1-29-5-4-22-13-8-14-15(28-10-27-14)9-17(13)31-20(22)21-19(24)18-7-11-6-12(23(25)26)2-3-16(11)30-18/h2-3,6-9H,4-5,10H2,1H3. The van der Waals surface area contributed by atoms with Crippen molar-refractivity contribution in [1.82, 2.24) is 4.57 Å². The van der Waals surface area contributed by atoms with Crippen LogP contribution in [0.5, 0.6) is 11.5 Å². The lowest BCUT2D eigenvalue weighted by atomic mass is 10.2. The van der Waals surface area contributed by atoms with Crippen LogP contribution in [0.25, 0.3) is 20.3 Å². The van der Waals surface area contributed by atoms with Gasteiger partial charge in [-0.05, 0) is 18.4 Å². The summed E-state index contributed by atoms with van der Waals surface area (Å²) in [5.41, 5.74) is 0.944. The largest absolute Gasteiger partial charge is 0.454 e. The van der Waals surface area contributed by atoms with Gasteiger partial charge in [0, 0.05) is 46.6 Å². The third-order valence-electron chi connectivity index (χ3n) is 4.81. The molecule has 1 aliphatic heterocycles. The minimum absolute atomic E-state index is 0.00172. The lowest BCUT2D eigenvalue weighted by Gasteiger charge is -2.04. The third-order valence-corrected chi connectivity index (χ3v) is 7.55. The molecule has 158 valence electrons. The Kier molecular flexibility index (Phi) is 5.16. The predicted molar refractivity (Wildman–Crippen MR) is 123 cm³/mol. The van der Waals surface area contributed by atoms with E-state index in [9.17, 15) is 14.9 Å². The molecule has 11 heteroatoms. The van der Waals surface area contributed by atoms with Crippen molar-refractivity contribution in [2.24, 2.45) is 4.99 Å². The molecule has 1 aliphatic rings. The number of nitrogens with zero attached hydrogens (tertiary/aromatic N) is 3. The molecule has 2 aromatic carbocycles. The summed E-state index contributed by atoms with van der Waals surface area (Å²) < 4.78 is 14.8. The molecule has 5 rings (SSSR count). The van der Waals surface area contributed by atoms with Crippen LogP contribution in [0.15, 0.2) is 41.4 Å². The Labute approximate surface area is 187 Å². The Morgan fingerprint density at radius 1 is 1.19 bits per heavy atom. The van der Waals surface area contributed by atoms with Crippen LogP contribution in [-0.2, 0) is 6.54 Å². The van der Waals surface area contributed by atoms with E-state index in [-0.39, 0.29) is 18.4 Å². The van der Waals surface area contributed by atoms with Gasteiger partial charge in [0.1, 0.15) is 0 Å². The van der Waals surface area contributed by atoms with Crippen molar-refractivity contribution in [3.63, 3.8) is 0 Å². The molecule has 3 heterocycles. The van der Waals surface area contributed by atoms with E-state index < -0.39 is 4.92 Å². The second-order valence-electron chi connectivity index (χ2n) is 6.71. The third kappa shape index (κ3) is 3.68. The fraction of sp³-hybridized carbons (Fsp3) is 0.200. The van der Waals surface area contributed by atoms with Crippen molar-refractivity contribution >= 4 is 66.3 Å². The topological polar surface area (TPSA) is 96.0 Å². The van der Waals surface area contributed by atoms with Gasteiger partial charge in [0.2, 0.25) is 6.79 Å². The van der Waals surface area contributed by atoms with Crippen LogP contribution in [0.1, 0.15) is 9.67 Å². The molecule has 0 saturated heterocycles. The second-order valence-corrected chi connectivity index (χ2v) is 9.79. The maximum Gasteiger partial charge on any atom is 0.289 e. The first-order valence-electron chi connectivity index (χ1n) is 9.22. The van der Waals surface area contributed by atoms with Gasteiger partial charge in [0.15, 0.2) is 16.3 Å². The molecule has 8 nitrogen and oxygen atoms in total. The number of benzene rings is 2. The molecule has 0 radical (unpaired) electrons. The Bertz CT molecular complexity index is 1420. The number of hydrogen-bond acceptors (Lipinski definition) is 8. The van der Waals surface area contributed by atoms with Crippen molar-refractivity contribution in [2.75, 3.05) is 18.8 Å². The number of hydrogen-bond donors (Lipinski definition) is 0. The fourth-order valence-electron chi connectivity index (χ4n) is 3.34. The van der Waals surface area contributed by atoms with Gasteiger partial charge < -0.3 is 14.0 Å². The van der Waals surface area contributed by atoms with E-state index in [4.69, 9.17) is 9.47 Å². The summed E-state index contributed by atoms with van der Waals surface area (Å²) in [4.78, 5) is 29.0. The van der Waals surface area contributed by atoms with Gasteiger partial charge in [-0.2, -0.15) is 16.8 Å². The Morgan fingerprint density at radius 2 is 2.00 bits per heavy atom. The normalized spacial score (nSPS) is 13.4. The zero-order valence-electron chi connectivity index (χ0n) is 16.2. The lowest BCUT2D eigenvalue weighted by molar-refractivity contribution is -0.384. The zero-order valence-corrected chi connectivity index (χ0v) is 18.6. The highest BCUT2D eigenvalue weighted by Crippen LogP contribution is 2.37. The van der Waals surface area contributed by atoms with Gasteiger partial charge in [0.25, 0.3) is 11.6 Å². The van der Waals surface area contributed by atoms with E-state index in [1.54, 1.807) is 23.9 Å². The maximum absolute atomic E-state index is 13.0. The van der Waals surface area contributed by atoms with Crippen LogP contribution in [0.3, 0.4) is 0 Å². The summed E-state index contributed by atoms with van der Waals surface area (Å²) in [6, 6.07) is 10.1. The van der Waals surface area contributed by atoms with Crippen molar-refractivity contribution in [2.45, 2.75) is 6.54 Å². The molecule has 0 spiro atoms. The predicted octanol–water partition coefficient (Wildman–Crippen LogP) is 4.66. The lowest BCUT2D eigenvalue weighted by Crippen LogP contribution is -2.18.